The van der Waals surface area contributed by atoms with Crippen molar-refractivity contribution >= 4 is 22.4 Å². The summed E-state index contributed by atoms with van der Waals surface area (Å²) in [6.45, 7) is 2.62. The molecule has 1 heterocycles. The lowest BCUT2D eigenvalue weighted by molar-refractivity contribution is -0.116. The van der Waals surface area contributed by atoms with Crippen molar-refractivity contribution < 1.29 is 13.7 Å². The Labute approximate surface area is 151 Å². The summed E-state index contributed by atoms with van der Waals surface area (Å²) in [5.74, 6) is 1.56. The molecule has 2 aromatic rings. The molecule has 1 aliphatic rings. The van der Waals surface area contributed by atoms with E-state index >= 15 is 0 Å². The number of carbonyl (C=O) groups is 1. The molecule has 1 amide bonds. The molecule has 1 unspecified atom stereocenters. The summed E-state index contributed by atoms with van der Waals surface area (Å²) < 4.78 is 18.0. The van der Waals surface area contributed by atoms with Crippen LogP contribution < -0.4 is 10.1 Å². The van der Waals surface area contributed by atoms with Gasteiger partial charge in [0.15, 0.2) is 0 Å². The zero-order valence-electron chi connectivity index (χ0n) is 14.4. The van der Waals surface area contributed by atoms with Gasteiger partial charge in [-0.3, -0.25) is 9.00 Å². The van der Waals surface area contributed by atoms with Crippen LogP contribution in [0.5, 0.6) is 5.75 Å². The largest absolute Gasteiger partial charge is 0.494 e. The minimum atomic E-state index is -0.943. The molecule has 2 aromatic carbocycles. The number of rotatable bonds is 7. The van der Waals surface area contributed by atoms with E-state index in [0.717, 1.165) is 46.7 Å². The summed E-state index contributed by atoms with van der Waals surface area (Å²) >= 11 is 0. The van der Waals surface area contributed by atoms with Crippen molar-refractivity contribution in [3.63, 3.8) is 0 Å². The van der Waals surface area contributed by atoms with Crippen LogP contribution in [0.25, 0.3) is 0 Å². The first-order valence-corrected chi connectivity index (χ1v) is 9.94. The molecule has 3 rings (SSSR count). The highest BCUT2D eigenvalue weighted by Gasteiger charge is 2.14. The fraction of sp³-hybridized carbons (Fsp3) is 0.350. The summed E-state index contributed by atoms with van der Waals surface area (Å²) in [7, 11) is -0.943. The molecule has 0 aliphatic carbocycles. The number of unbranched alkanes of at least 4 members (excludes halogenated alkanes) is 1. The number of nitrogens with one attached hydrogen (secondary N) is 1. The molecule has 0 radical (unpaired) electrons. The second kappa shape index (κ2) is 8.30. The lowest BCUT2D eigenvalue weighted by Crippen LogP contribution is -2.18. The number of anilines is 1. The topological polar surface area (TPSA) is 55.4 Å². The van der Waals surface area contributed by atoms with Crippen molar-refractivity contribution in [2.45, 2.75) is 37.5 Å². The fourth-order valence-electron chi connectivity index (χ4n) is 2.85. The lowest BCUT2D eigenvalue weighted by atomic mass is 10.0. The number of ether oxygens (including phenoxy) is 1. The van der Waals surface area contributed by atoms with E-state index in [0.29, 0.717) is 18.8 Å². The molecule has 0 saturated carbocycles. The Hall–Kier alpha value is -2.14. The van der Waals surface area contributed by atoms with Gasteiger partial charge >= 0.3 is 0 Å². The molecule has 0 spiro atoms. The average molecular weight is 357 g/mol. The standard InChI is InChI=1S/C20H23NO3S/c1-15-5-4-6-18(13-15)25(23)12-3-2-11-24-17-8-9-19-16(14-17)7-10-20(22)21-19/h4-6,8-9,13-14H,2-3,7,10-12H2,1H3,(H,21,22). The van der Waals surface area contributed by atoms with Crippen LogP contribution in [0, 0.1) is 6.92 Å². The van der Waals surface area contributed by atoms with Crippen LogP contribution in [0.3, 0.4) is 0 Å². The van der Waals surface area contributed by atoms with E-state index in [1.54, 1.807) is 0 Å². The summed E-state index contributed by atoms with van der Waals surface area (Å²) in [6, 6.07) is 13.6. The van der Waals surface area contributed by atoms with E-state index < -0.39 is 10.8 Å². The first kappa shape index (κ1) is 17.7. The number of benzene rings is 2. The molecule has 4 nitrogen and oxygen atoms in total. The SMILES string of the molecule is Cc1cccc(S(=O)CCCCOc2ccc3c(c2)CCC(=O)N3)c1. The Morgan fingerprint density at radius 2 is 2.00 bits per heavy atom. The lowest BCUT2D eigenvalue weighted by Gasteiger charge is -2.17. The predicted octanol–water partition coefficient (Wildman–Crippen LogP) is 3.85. The molecule has 0 aromatic heterocycles. The summed E-state index contributed by atoms with van der Waals surface area (Å²) in [5.41, 5.74) is 3.15. The van der Waals surface area contributed by atoms with Crippen LogP contribution in [-0.2, 0) is 22.0 Å². The highest BCUT2D eigenvalue weighted by molar-refractivity contribution is 7.85. The maximum atomic E-state index is 12.3. The van der Waals surface area contributed by atoms with E-state index in [-0.39, 0.29) is 5.91 Å². The normalized spacial score (nSPS) is 14.5. The van der Waals surface area contributed by atoms with E-state index in [1.807, 2.05) is 49.4 Å². The number of hydrogen-bond donors (Lipinski definition) is 1. The van der Waals surface area contributed by atoms with Crippen molar-refractivity contribution in [3.8, 4) is 5.75 Å². The highest BCUT2D eigenvalue weighted by Crippen LogP contribution is 2.26. The Balaban J connectivity index is 1.41. The molecular formula is C20H23NO3S. The van der Waals surface area contributed by atoms with Crippen LogP contribution in [0.1, 0.15) is 30.4 Å². The zero-order valence-corrected chi connectivity index (χ0v) is 15.2. The first-order valence-electron chi connectivity index (χ1n) is 8.62. The molecule has 1 aliphatic heterocycles. The molecule has 25 heavy (non-hydrogen) atoms. The van der Waals surface area contributed by atoms with Gasteiger partial charge in [0.25, 0.3) is 0 Å². The Kier molecular flexibility index (Phi) is 5.87. The Bertz CT molecular complexity index is 788. The minimum absolute atomic E-state index is 0.0720. The number of fused-ring (bicyclic) bond motifs is 1. The Morgan fingerprint density at radius 1 is 1.12 bits per heavy atom. The highest BCUT2D eigenvalue weighted by atomic mass is 32.2. The van der Waals surface area contributed by atoms with Gasteiger partial charge in [0.1, 0.15) is 5.75 Å². The zero-order chi connectivity index (χ0) is 17.6. The van der Waals surface area contributed by atoms with Gasteiger partial charge in [-0.2, -0.15) is 0 Å². The van der Waals surface area contributed by atoms with E-state index in [9.17, 15) is 9.00 Å². The van der Waals surface area contributed by atoms with Crippen LogP contribution in [-0.4, -0.2) is 22.5 Å². The van der Waals surface area contributed by atoms with Gasteiger partial charge in [-0.15, -0.1) is 0 Å². The van der Waals surface area contributed by atoms with E-state index in [1.165, 1.54) is 0 Å². The third-order valence-electron chi connectivity index (χ3n) is 4.22. The smallest absolute Gasteiger partial charge is 0.224 e. The average Bonchev–Trinajstić information content (AvgIpc) is 2.61. The number of aryl methyl sites for hydroxylation is 2. The number of carbonyl (C=O) groups excluding carboxylic acids is 1. The minimum Gasteiger partial charge on any atom is -0.494 e. The van der Waals surface area contributed by atoms with Gasteiger partial charge < -0.3 is 10.1 Å². The molecule has 5 heteroatoms. The third kappa shape index (κ3) is 4.92. The quantitative estimate of drug-likeness (QED) is 0.766. The molecular weight excluding hydrogens is 334 g/mol. The second-order valence-electron chi connectivity index (χ2n) is 6.29. The molecule has 0 saturated heterocycles. The van der Waals surface area contributed by atoms with Gasteiger partial charge in [0.05, 0.1) is 17.4 Å². The third-order valence-corrected chi connectivity index (χ3v) is 5.66. The molecule has 1 N–H and O–H groups in total. The van der Waals surface area contributed by atoms with Crippen LogP contribution >= 0.6 is 0 Å². The van der Waals surface area contributed by atoms with E-state index in [4.69, 9.17) is 4.74 Å². The van der Waals surface area contributed by atoms with Gasteiger partial charge in [0, 0.05) is 22.8 Å². The summed E-state index contributed by atoms with van der Waals surface area (Å²) in [6.07, 6.45) is 3.02. The van der Waals surface area contributed by atoms with Gasteiger partial charge in [0.2, 0.25) is 5.91 Å². The molecule has 1 atom stereocenters. The summed E-state index contributed by atoms with van der Waals surface area (Å²) in [4.78, 5) is 12.3. The summed E-state index contributed by atoms with van der Waals surface area (Å²) in [5, 5.41) is 2.87. The van der Waals surface area contributed by atoms with Crippen LogP contribution in [0.2, 0.25) is 0 Å². The van der Waals surface area contributed by atoms with Crippen molar-refractivity contribution in [1.29, 1.82) is 0 Å². The number of hydrogen-bond acceptors (Lipinski definition) is 3. The van der Waals surface area contributed by atoms with E-state index in [2.05, 4.69) is 5.32 Å². The predicted molar refractivity (Wildman–Crippen MR) is 101 cm³/mol. The second-order valence-corrected chi connectivity index (χ2v) is 7.86. The monoisotopic (exact) mass is 357 g/mol. The molecule has 0 bridgehead atoms. The number of amides is 1. The van der Waals surface area contributed by atoms with Crippen molar-refractivity contribution in [1.82, 2.24) is 0 Å². The van der Waals surface area contributed by atoms with Crippen LogP contribution in [0.4, 0.5) is 5.69 Å². The Morgan fingerprint density at radius 3 is 2.84 bits per heavy atom. The van der Waals surface area contributed by atoms with Crippen molar-refractivity contribution in [2.24, 2.45) is 0 Å². The van der Waals surface area contributed by atoms with Crippen molar-refractivity contribution in [3.05, 3.63) is 53.6 Å². The maximum Gasteiger partial charge on any atom is 0.224 e. The van der Waals surface area contributed by atoms with Gasteiger partial charge in [-0.25, -0.2) is 0 Å². The first-order chi connectivity index (χ1) is 12.1. The van der Waals surface area contributed by atoms with Crippen molar-refractivity contribution in [2.75, 3.05) is 17.7 Å². The molecule has 132 valence electrons. The van der Waals surface area contributed by atoms with Gasteiger partial charge in [-0.1, -0.05) is 12.1 Å². The maximum absolute atomic E-state index is 12.3. The van der Waals surface area contributed by atoms with Crippen LogP contribution in [0.15, 0.2) is 47.4 Å². The molecule has 0 fully saturated rings. The fourth-order valence-corrected chi connectivity index (χ4v) is 4.10. The van der Waals surface area contributed by atoms with Gasteiger partial charge in [-0.05, 0) is 67.6 Å².